The van der Waals surface area contributed by atoms with Crippen molar-refractivity contribution in [3.63, 3.8) is 0 Å². The van der Waals surface area contributed by atoms with E-state index in [1.54, 1.807) is 49.1 Å². The first-order chi connectivity index (χ1) is 19.2. The highest BCUT2D eigenvalue weighted by molar-refractivity contribution is 7.93. The third-order valence-electron chi connectivity index (χ3n) is 6.23. The largest absolute Gasteiger partial charge is 0.485 e. The molecule has 210 valence electrons. The van der Waals surface area contributed by atoms with Crippen LogP contribution in [0.25, 0.3) is 11.4 Å². The second kappa shape index (κ2) is 11.3. The van der Waals surface area contributed by atoms with Crippen molar-refractivity contribution in [2.45, 2.75) is 44.3 Å². The van der Waals surface area contributed by atoms with Gasteiger partial charge in [0.2, 0.25) is 16.0 Å². The zero-order valence-corrected chi connectivity index (χ0v) is 23.7. The standard InChI is InChI=1S/C25H27ClN8O5S/c1-14(2)39-20(22-29-11-17(26)12-30-22)15(3)40(35,36)33-25-32-31-23-18-7-9-28-24(37-4)21(18)38-13-19(34(23)25)16-6-5-8-27-10-16/h5-12,14-15,19-20H,13H2,1-4H3,(H,32,33)/t15?,19-,20?/m0/s1. The van der Waals surface area contributed by atoms with Crippen LogP contribution in [0.4, 0.5) is 5.95 Å². The smallest absolute Gasteiger partial charge is 0.257 e. The molecule has 4 aromatic rings. The van der Waals surface area contributed by atoms with E-state index < -0.39 is 27.4 Å². The van der Waals surface area contributed by atoms with E-state index in [4.69, 9.17) is 25.8 Å². The molecule has 15 heteroatoms. The third kappa shape index (κ3) is 5.42. The molecular weight excluding hydrogens is 560 g/mol. The lowest BCUT2D eigenvalue weighted by Crippen LogP contribution is -2.35. The molecule has 13 nitrogen and oxygen atoms in total. The van der Waals surface area contributed by atoms with Gasteiger partial charge in [-0.1, -0.05) is 17.7 Å². The molecule has 40 heavy (non-hydrogen) atoms. The molecule has 0 radical (unpaired) electrons. The van der Waals surface area contributed by atoms with Crippen LogP contribution in [0.1, 0.15) is 44.3 Å². The number of nitrogens with one attached hydrogen (secondary N) is 1. The maximum atomic E-state index is 13.8. The Morgan fingerprint density at radius 2 is 1.88 bits per heavy atom. The summed E-state index contributed by atoms with van der Waals surface area (Å²) in [6, 6.07) is 4.81. The number of ether oxygens (including phenoxy) is 3. The van der Waals surface area contributed by atoms with E-state index in [-0.39, 0.29) is 30.4 Å². The number of rotatable bonds is 9. The Labute approximate surface area is 236 Å². The van der Waals surface area contributed by atoms with Crippen LogP contribution in [0.5, 0.6) is 11.6 Å². The summed E-state index contributed by atoms with van der Waals surface area (Å²) in [5.74, 6) is 1.18. The molecular formula is C25H27ClN8O5S. The normalized spacial score (nSPS) is 16.3. The quantitative estimate of drug-likeness (QED) is 0.306. The van der Waals surface area contributed by atoms with Gasteiger partial charge in [0, 0.05) is 31.0 Å². The number of anilines is 1. The number of aromatic nitrogens is 7. The Hall–Kier alpha value is -3.88. The van der Waals surface area contributed by atoms with Gasteiger partial charge in [-0.15, -0.1) is 10.2 Å². The summed E-state index contributed by atoms with van der Waals surface area (Å²) in [4.78, 5) is 16.9. The van der Waals surface area contributed by atoms with Crippen LogP contribution in [0, 0.1) is 0 Å². The van der Waals surface area contributed by atoms with Gasteiger partial charge in [-0.2, -0.15) is 0 Å². The van der Waals surface area contributed by atoms with Crippen LogP contribution in [-0.4, -0.2) is 68.2 Å². The molecule has 0 aliphatic carbocycles. The lowest BCUT2D eigenvalue weighted by Gasteiger charge is -2.26. The van der Waals surface area contributed by atoms with Crippen molar-refractivity contribution in [1.29, 1.82) is 0 Å². The van der Waals surface area contributed by atoms with Crippen LogP contribution < -0.4 is 14.2 Å². The van der Waals surface area contributed by atoms with Crippen molar-refractivity contribution in [2.24, 2.45) is 0 Å². The summed E-state index contributed by atoms with van der Waals surface area (Å²) >= 11 is 5.95. The number of fused-ring (bicyclic) bond motifs is 3. The fraction of sp³-hybridized carbons (Fsp3) is 0.360. The van der Waals surface area contributed by atoms with E-state index in [1.165, 1.54) is 26.4 Å². The summed E-state index contributed by atoms with van der Waals surface area (Å²) in [5, 5.41) is 7.78. The molecule has 0 saturated heterocycles. The number of nitrogens with zero attached hydrogens (tertiary/aromatic N) is 7. The summed E-state index contributed by atoms with van der Waals surface area (Å²) in [6.45, 7) is 5.22. The Morgan fingerprint density at radius 1 is 1.10 bits per heavy atom. The number of sulfonamides is 1. The number of pyridine rings is 2. The van der Waals surface area contributed by atoms with Crippen LogP contribution in [0.3, 0.4) is 0 Å². The molecule has 0 amide bonds. The monoisotopic (exact) mass is 586 g/mol. The van der Waals surface area contributed by atoms with Crippen molar-refractivity contribution in [1.82, 2.24) is 34.7 Å². The van der Waals surface area contributed by atoms with E-state index in [9.17, 15) is 8.42 Å². The Balaban J connectivity index is 1.57. The minimum Gasteiger partial charge on any atom is -0.485 e. The number of halogens is 1. The molecule has 0 fully saturated rings. The molecule has 5 heterocycles. The van der Waals surface area contributed by atoms with E-state index in [0.29, 0.717) is 22.2 Å². The van der Waals surface area contributed by atoms with E-state index in [2.05, 4.69) is 34.9 Å². The lowest BCUT2D eigenvalue weighted by molar-refractivity contribution is 0.00154. The van der Waals surface area contributed by atoms with E-state index in [1.807, 2.05) is 6.07 Å². The van der Waals surface area contributed by atoms with Crippen molar-refractivity contribution in [3.05, 3.63) is 65.6 Å². The first-order valence-corrected chi connectivity index (χ1v) is 14.3. The van der Waals surface area contributed by atoms with Crippen LogP contribution in [-0.2, 0) is 14.8 Å². The van der Waals surface area contributed by atoms with Crippen molar-refractivity contribution < 1.29 is 22.6 Å². The van der Waals surface area contributed by atoms with Gasteiger partial charge in [0.15, 0.2) is 17.4 Å². The van der Waals surface area contributed by atoms with Gasteiger partial charge in [-0.05, 0) is 38.5 Å². The fourth-order valence-electron chi connectivity index (χ4n) is 4.31. The van der Waals surface area contributed by atoms with Gasteiger partial charge in [0.05, 0.1) is 29.8 Å². The minimum absolute atomic E-state index is 0.0109. The minimum atomic E-state index is -4.13. The maximum Gasteiger partial charge on any atom is 0.257 e. The van der Waals surface area contributed by atoms with Gasteiger partial charge in [-0.25, -0.2) is 23.4 Å². The van der Waals surface area contributed by atoms with Gasteiger partial charge in [-0.3, -0.25) is 14.3 Å². The van der Waals surface area contributed by atoms with Gasteiger partial charge in [0.1, 0.15) is 18.0 Å². The highest BCUT2D eigenvalue weighted by Gasteiger charge is 2.37. The van der Waals surface area contributed by atoms with Crippen LogP contribution in [0.2, 0.25) is 5.02 Å². The predicted molar refractivity (Wildman–Crippen MR) is 146 cm³/mol. The van der Waals surface area contributed by atoms with Crippen molar-refractivity contribution in [3.8, 4) is 23.0 Å². The molecule has 1 aliphatic rings. The van der Waals surface area contributed by atoms with Crippen molar-refractivity contribution >= 4 is 27.6 Å². The Morgan fingerprint density at radius 3 is 2.55 bits per heavy atom. The molecule has 3 atom stereocenters. The zero-order chi connectivity index (χ0) is 28.4. The van der Waals surface area contributed by atoms with Crippen LogP contribution in [0.15, 0.2) is 49.2 Å². The highest BCUT2D eigenvalue weighted by atomic mass is 35.5. The van der Waals surface area contributed by atoms with Gasteiger partial charge in [0.25, 0.3) is 5.88 Å². The molecule has 0 aromatic carbocycles. The van der Waals surface area contributed by atoms with Crippen LogP contribution >= 0.6 is 11.6 Å². The summed E-state index contributed by atoms with van der Waals surface area (Å²) in [6.07, 6.45) is 6.36. The molecule has 0 bridgehead atoms. The van der Waals surface area contributed by atoms with Crippen molar-refractivity contribution in [2.75, 3.05) is 18.4 Å². The third-order valence-corrected chi connectivity index (χ3v) is 8.12. The second-order valence-corrected chi connectivity index (χ2v) is 11.7. The summed E-state index contributed by atoms with van der Waals surface area (Å²) < 4.78 is 49.4. The molecule has 4 aromatic heterocycles. The molecule has 2 unspecified atom stereocenters. The predicted octanol–water partition coefficient (Wildman–Crippen LogP) is 3.47. The van der Waals surface area contributed by atoms with E-state index in [0.717, 1.165) is 5.56 Å². The SMILES string of the molecule is COc1nccc2c1OC[C@@H](c1cccnc1)n1c(NS(=O)(=O)C(C)C(OC(C)C)c3ncc(Cl)cn3)nnc1-2. The second-order valence-electron chi connectivity index (χ2n) is 9.24. The summed E-state index contributed by atoms with van der Waals surface area (Å²) in [7, 11) is -2.65. The average molecular weight is 587 g/mol. The average Bonchev–Trinajstić information content (AvgIpc) is 3.26. The first-order valence-electron chi connectivity index (χ1n) is 12.3. The Bertz CT molecular complexity index is 1580. The topological polar surface area (TPSA) is 156 Å². The number of methoxy groups -OCH3 is 1. The Kier molecular flexibility index (Phi) is 7.83. The molecule has 0 saturated carbocycles. The molecule has 1 aliphatic heterocycles. The fourth-order valence-corrected chi connectivity index (χ4v) is 5.50. The lowest BCUT2D eigenvalue weighted by atomic mass is 10.1. The molecule has 5 rings (SSSR count). The zero-order valence-electron chi connectivity index (χ0n) is 22.1. The number of hydrogen-bond donors (Lipinski definition) is 1. The van der Waals surface area contributed by atoms with Gasteiger partial charge >= 0.3 is 0 Å². The van der Waals surface area contributed by atoms with E-state index >= 15 is 0 Å². The first kappa shape index (κ1) is 27.7. The highest BCUT2D eigenvalue weighted by Crippen LogP contribution is 2.42. The molecule has 0 spiro atoms. The molecule has 1 N–H and O–H groups in total. The summed E-state index contributed by atoms with van der Waals surface area (Å²) in [5.41, 5.74) is 1.30. The number of hydrogen-bond acceptors (Lipinski definition) is 11. The van der Waals surface area contributed by atoms with Gasteiger partial charge < -0.3 is 14.2 Å². The maximum absolute atomic E-state index is 13.8.